The lowest BCUT2D eigenvalue weighted by atomic mass is 10.2. The maximum Gasteiger partial charge on any atom is 0.161 e. The van der Waals surface area contributed by atoms with E-state index in [1.165, 1.54) is 0 Å². The van der Waals surface area contributed by atoms with Crippen molar-refractivity contribution >= 4 is 28.9 Å². The summed E-state index contributed by atoms with van der Waals surface area (Å²) < 4.78 is 11.3. The van der Waals surface area contributed by atoms with Gasteiger partial charge in [0.15, 0.2) is 11.5 Å². The van der Waals surface area contributed by atoms with Crippen LogP contribution in [0.4, 0.5) is 5.69 Å². The van der Waals surface area contributed by atoms with Gasteiger partial charge in [-0.1, -0.05) is 29.3 Å². The van der Waals surface area contributed by atoms with Crippen LogP contribution in [0.5, 0.6) is 11.5 Å². The third kappa shape index (κ3) is 3.55. The van der Waals surface area contributed by atoms with E-state index in [1.807, 2.05) is 24.3 Å². The van der Waals surface area contributed by atoms with Crippen LogP contribution in [0.1, 0.15) is 12.0 Å². The van der Waals surface area contributed by atoms with Crippen molar-refractivity contribution in [1.82, 2.24) is 0 Å². The van der Waals surface area contributed by atoms with Gasteiger partial charge in [-0.3, -0.25) is 0 Å². The summed E-state index contributed by atoms with van der Waals surface area (Å²) in [4.78, 5) is 0. The molecule has 0 atom stereocenters. The number of fused-ring (bicyclic) bond motifs is 1. The maximum atomic E-state index is 6.13. The first-order valence-electron chi connectivity index (χ1n) is 6.80. The molecular weight excluding hydrogens is 309 g/mol. The summed E-state index contributed by atoms with van der Waals surface area (Å²) in [6.45, 7) is 2.02. The second-order valence-electron chi connectivity index (χ2n) is 4.81. The molecule has 2 aromatic rings. The predicted molar refractivity (Wildman–Crippen MR) is 85.8 cm³/mol. The minimum Gasteiger partial charge on any atom is -0.490 e. The van der Waals surface area contributed by atoms with Crippen LogP contribution in [0.25, 0.3) is 0 Å². The van der Waals surface area contributed by atoms with Crippen molar-refractivity contribution < 1.29 is 9.47 Å². The van der Waals surface area contributed by atoms with Crippen LogP contribution in [-0.4, -0.2) is 13.2 Å². The fourth-order valence-electron chi connectivity index (χ4n) is 2.15. The first-order valence-corrected chi connectivity index (χ1v) is 7.55. The zero-order valence-corrected chi connectivity index (χ0v) is 12.9. The Bertz CT molecular complexity index is 646. The van der Waals surface area contributed by atoms with Gasteiger partial charge in [0.05, 0.1) is 23.9 Å². The molecule has 0 spiro atoms. The van der Waals surface area contributed by atoms with Gasteiger partial charge in [0.25, 0.3) is 0 Å². The topological polar surface area (TPSA) is 30.5 Å². The fraction of sp³-hybridized carbons (Fsp3) is 0.250. The minimum atomic E-state index is 0.636. The Labute approximate surface area is 133 Å². The highest BCUT2D eigenvalue weighted by atomic mass is 35.5. The van der Waals surface area contributed by atoms with Gasteiger partial charge in [0.1, 0.15) is 0 Å². The second-order valence-corrected chi connectivity index (χ2v) is 5.65. The SMILES string of the molecule is Clc1ccc(Cl)c(NCc2ccc3c(c2)OCCCO3)c1. The average Bonchev–Trinajstić information content (AvgIpc) is 2.73. The van der Waals surface area contributed by atoms with E-state index < -0.39 is 0 Å². The summed E-state index contributed by atoms with van der Waals surface area (Å²) in [5, 5.41) is 4.58. The van der Waals surface area contributed by atoms with Crippen LogP contribution < -0.4 is 14.8 Å². The molecule has 3 nitrogen and oxygen atoms in total. The van der Waals surface area contributed by atoms with Crippen LogP contribution >= 0.6 is 23.2 Å². The molecule has 1 aliphatic rings. The molecule has 0 aliphatic carbocycles. The number of ether oxygens (including phenoxy) is 2. The van der Waals surface area contributed by atoms with Crippen molar-refractivity contribution in [2.75, 3.05) is 18.5 Å². The summed E-state index contributed by atoms with van der Waals surface area (Å²) in [5.74, 6) is 1.60. The van der Waals surface area contributed by atoms with Crippen molar-refractivity contribution in [3.05, 3.63) is 52.0 Å². The van der Waals surface area contributed by atoms with E-state index >= 15 is 0 Å². The van der Waals surface area contributed by atoms with Crippen LogP contribution in [0.3, 0.4) is 0 Å². The molecule has 2 aromatic carbocycles. The average molecular weight is 324 g/mol. The lowest BCUT2D eigenvalue weighted by Gasteiger charge is -2.12. The number of hydrogen-bond acceptors (Lipinski definition) is 3. The third-order valence-corrected chi connectivity index (χ3v) is 3.79. The van der Waals surface area contributed by atoms with Crippen molar-refractivity contribution in [3.8, 4) is 11.5 Å². The monoisotopic (exact) mass is 323 g/mol. The standard InChI is InChI=1S/C16H15Cl2NO2/c17-12-3-4-13(18)14(9-12)19-10-11-2-5-15-16(8-11)21-7-1-6-20-15/h2-5,8-9,19H,1,6-7,10H2. The predicted octanol–water partition coefficient (Wildman–Crippen LogP) is 4.77. The molecule has 0 aromatic heterocycles. The molecule has 1 N–H and O–H groups in total. The van der Waals surface area contributed by atoms with Gasteiger partial charge in [0, 0.05) is 18.0 Å². The number of rotatable bonds is 3. The fourth-order valence-corrected chi connectivity index (χ4v) is 2.50. The van der Waals surface area contributed by atoms with Gasteiger partial charge in [0.2, 0.25) is 0 Å². The van der Waals surface area contributed by atoms with Gasteiger partial charge in [-0.05, 0) is 35.9 Å². The Hall–Kier alpha value is -1.58. The Morgan fingerprint density at radius 2 is 1.76 bits per heavy atom. The third-order valence-electron chi connectivity index (χ3n) is 3.22. The van der Waals surface area contributed by atoms with Crippen molar-refractivity contribution in [1.29, 1.82) is 0 Å². The first-order chi connectivity index (χ1) is 10.2. The molecule has 21 heavy (non-hydrogen) atoms. The van der Waals surface area contributed by atoms with Gasteiger partial charge >= 0.3 is 0 Å². The molecule has 0 bridgehead atoms. The van der Waals surface area contributed by atoms with E-state index in [1.54, 1.807) is 12.1 Å². The van der Waals surface area contributed by atoms with E-state index in [4.69, 9.17) is 32.7 Å². The molecule has 1 aliphatic heterocycles. The highest BCUT2D eigenvalue weighted by Gasteiger charge is 2.10. The number of benzene rings is 2. The van der Waals surface area contributed by atoms with E-state index in [2.05, 4.69) is 5.32 Å². The number of anilines is 1. The number of hydrogen-bond donors (Lipinski definition) is 1. The second kappa shape index (κ2) is 6.46. The van der Waals surface area contributed by atoms with Crippen LogP contribution in [-0.2, 0) is 6.54 Å². The molecule has 1 heterocycles. The van der Waals surface area contributed by atoms with Gasteiger partial charge in [-0.2, -0.15) is 0 Å². The van der Waals surface area contributed by atoms with Gasteiger partial charge < -0.3 is 14.8 Å². The zero-order valence-electron chi connectivity index (χ0n) is 11.4. The lowest BCUT2D eigenvalue weighted by molar-refractivity contribution is 0.297. The van der Waals surface area contributed by atoms with E-state index in [-0.39, 0.29) is 0 Å². The largest absolute Gasteiger partial charge is 0.490 e. The Morgan fingerprint density at radius 3 is 2.62 bits per heavy atom. The molecule has 0 radical (unpaired) electrons. The van der Waals surface area contributed by atoms with E-state index in [9.17, 15) is 0 Å². The molecule has 0 unspecified atom stereocenters. The van der Waals surface area contributed by atoms with E-state index in [0.717, 1.165) is 29.2 Å². The summed E-state index contributed by atoms with van der Waals surface area (Å²) in [6.07, 6.45) is 0.903. The molecule has 0 saturated heterocycles. The van der Waals surface area contributed by atoms with E-state index in [0.29, 0.717) is 29.8 Å². The highest BCUT2D eigenvalue weighted by Crippen LogP contribution is 2.31. The van der Waals surface area contributed by atoms with Crippen LogP contribution in [0, 0.1) is 0 Å². The molecule has 5 heteroatoms. The Morgan fingerprint density at radius 1 is 0.952 bits per heavy atom. The first kappa shape index (κ1) is 14.4. The number of halogens is 2. The highest BCUT2D eigenvalue weighted by molar-refractivity contribution is 6.35. The lowest BCUT2D eigenvalue weighted by Crippen LogP contribution is -2.01. The smallest absolute Gasteiger partial charge is 0.161 e. The summed E-state index contributed by atoms with van der Waals surface area (Å²) in [6, 6.07) is 11.3. The summed E-state index contributed by atoms with van der Waals surface area (Å²) in [7, 11) is 0. The molecule has 3 rings (SSSR count). The number of nitrogens with one attached hydrogen (secondary N) is 1. The molecule has 110 valence electrons. The summed E-state index contributed by atoms with van der Waals surface area (Å²) >= 11 is 12.1. The molecule has 0 amide bonds. The normalized spacial score (nSPS) is 13.6. The van der Waals surface area contributed by atoms with Gasteiger partial charge in [-0.25, -0.2) is 0 Å². The zero-order chi connectivity index (χ0) is 14.7. The van der Waals surface area contributed by atoms with Gasteiger partial charge in [-0.15, -0.1) is 0 Å². The van der Waals surface area contributed by atoms with Crippen molar-refractivity contribution in [3.63, 3.8) is 0 Å². The molecular formula is C16H15Cl2NO2. The maximum absolute atomic E-state index is 6.13. The van der Waals surface area contributed by atoms with Crippen molar-refractivity contribution in [2.45, 2.75) is 13.0 Å². The van der Waals surface area contributed by atoms with Crippen LogP contribution in [0.2, 0.25) is 10.0 Å². The minimum absolute atomic E-state index is 0.636. The Kier molecular flexibility index (Phi) is 4.42. The molecule has 0 saturated carbocycles. The Balaban J connectivity index is 1.73. The van der Waals surface area contributed by atoms with Crippen molar-refractivity contribution in [2.24, 2.45) is 0 Å². The quantitative estimate of drug-likeness (QED) is 0.882. The van der Waals surface area contributed by atoms with Crippen LogP contribution in [0.15, 0.2) is 36.4 Å². The molecule has 0 fully saturated rings. The summed E-state index contributed by atoms with van der Waals surface area (Å²) in [5.41, 5.74) is 1.91.